The zero-order valence-corrected chi connectivity index (χ0v) is 15.7. The van der Waals surface area contributed by atoms with E-state index in [2.05, 4.69) is 15.6 Å². The van der Waals surface area contributed by atoms with E-state index < -0.39 is 0 Å². The molecule has 0 radical (unpaired) electrons. The molecule has 7 heteroatoms. The lowest BCUT2D eigenvalue weighted by molar-refractivity contribution is 0.0191. The number of halogens is 2. The van der Waals surface area contributed by atoms with Crippen LogP contribution in [-0.2, 0) is 16.0 Å². The quantitative estimate of drug-likeness (QED) is 0.298. The molecule has 1 aromatic rings. The van der Waals surface area contributed by atoms with Crippen molar-refractivity contribution >= 4 is 29.9 Å². The van der Waals surface area contributed by atoms with Gasteiger partial charge in [-0.3, -0.25) is 4.99 Å². The van der Waals surface area contributed by atoms with E-state index in [0.717, 1.165) is 19.4 Å². The molecule has 1 aliphatic rings. The summed E-state index contributed by atoms with van der Waals surface area (Å²) >= 11 is 0. The summed E-state index contributed by atoms with van der Waals surface area (Å²) in [5, 5.41) is 6.21. The third-order valence-corrected chi connectivity index (χ3v) is 3.49. The second-order valence-electron chi connectivity index (χ2n) is 5.15. The molecule has 0 saturated carbocycles. The first-order valence-corrected chi connectivity index (χ1v) is 7.67. The Hall–Kier alpha value is -0.930. The fourth-order valence-corrected chi connectivity index (χ4v) is 2.27. The number of hydrogen-bond acceptors (Lipinski definition) is 3. The monoisotopic (exact) mass is 437 g/mol. The second kappa shape index (κ2) is 11.6. The van der Waals surface area contributed by atoms with Gasteiger partial charge in [0.15, 0.2) is 5.96 Å². The van der Waals surface area contributed by atoms with E-state index in [1.54, 1.807) is 19.2 Å². The molecule has 1 fully saturated rings. The summed E-state index contributed by atoms with van der Waals surface area (Å²) in [6, 6.07) is 6.69. The molecule has 0 aromatic heterocycles. The standard InChI is InChI=1S/C16H24FN3O2.HI/c1-18-16(20-11-13-5-2-3-7-15(13)17)19-8-10-21-12-14-6-4-9-22-14;/h2-3,5,7,14H,4,6,8-12H2,1H3,(H2,18,19,20);1H. The van der Waals surface area contributed by atoms with Crippen LogP contribution < -0.4 is 10.6 Å². The summed E-state index contributed by atoms with van der Waals surface area (Å²) in [5.74, 6) is 0.411. The minimum absolute atomic E-state index is 0. The van der Waals surface area contributed by atoms with Gasteiger partial charge in [0.2, 0.25) is 0 Å². The zero-order valence-electron chi connectivity index (χ0n) is 13.4. The number of rotatable bonds is 7. The maximum absolute atomic E-state index is 13.5. The number of guanidine groups is 1. The topological polar surface area (TPSA) is 54.9 Å². The van der Waals surface area contributed by atoms with Crippen molar-refractivity contribution in [1.82, 2.24) is 10.6 Å². The van der Waals surface area contributed by atoms with E-state index in [9.17, 15) is 4.39 Å². The number of ether oxygens (including phenoxy) is 2. The molecule has 2 N–H and O–H groups in total. The molecular weight excluding hydrogens is 412 g/mol. The largest absolute Gasteiger partial charge is 0.377 e. The summed E-state index contributed by atoms with van der Waals surface area (Å²) < 4.78 is 24.6. The highest BCUT2D eigenvalue weighted by molar-refractivity contribution is 14.0. The van der Waals surface area contributed by atoms with E-state index in [0.29, 0.717) is 37.8 Å². The molecule has 23 heavy (non-hydrogen) atoms. The van der Waals surface area contributed by atoms with Crippen LogP contribution in [0.25, 0.3) is 0 Å². The Morgan fingerprint density at radius 2 is 2.22 bits per heavy atom. The van der Waals surface area contributed by atoms with Crippen molar-refractivity contribution < 1.29 is 13.9 Å². The van der Waals surface area contributed by atoms with Crippen molar-refractivity contribution in [3.8, 4) is 0 Å². The van der Waals surface area contributed by atoms with Gasteiger partial charge in [-0.2, -0.15) is 0 Å². The number of nitrogens with one attached hydrogen (secondary N) is 2. The first kappa shape index (κ1) is 20.1. The van der Waals surface area contributed by atoms with Gasteiger partial charge in [-0.05, 0) is 18.9 Å². The maximum Gasteiger partial charge on any atom is 0.191 e. The number of aliphatic imine (C=N–C) groups is 1. The van der Waals surface area contributed by atoms with Crippen molar-refractivity contribution in [1.29, 1.82) is 0 Å². The Morgan fingerprint density at radius 1 is 1.39 bits per heavy atom. The fourth-order valence-electron chi connectivity index (χ4n) is 2.27. The molecule has 0 aliphatic carbocycles. The van der Waals surface area contributed by atoms with Gasteiger partial charge >= 0.3 is 0 Å². The number of hydrogen-bond donors (Lipinski definition) is 2. The van der Waals surface area contributed by atoms with E-state index >= 15 is 0 Å². The first-order chi connectivity index (χ1) is 10.8. The molecule has 0 amide bonds. The van der Waals surface area contributed by atoms with E-state index in [1.165, 1.54) is 6.07 Å². The summed E-state index contributed by atoms with van der Waals surface area (Å²) in [7, 11) is 1.68. The van der Waals surface area contributed by atoms with Crippen LogP contribution in [0.3, 0.4) is 0 Å². The third kappa shape index (κ3) is 7.45. The Bertz CT molecular complexity index is 482. The summed E-state index contributed by atoms with van der Waals surface area (Å²) in [4.78, 5) is 4.10. The lowest BCUT2D eigenvalue weighted by atomic mass is 10.2. The Morgan fingerprint density at radius 3 is 2.91 bits per heavy atom. The van der Waals surface area contributed by atoms with Gasteiger partial charge in [-0.25, -0.2) is 4.39 Å². The molecule has 0 spiro atoms. The Kier molecular flexibility index (Phi) is 10.1. The minimum atomic E-state index is -0.217. The summed E-state index contributed by atoms with van der Waals surface area (Å²) in [5.41, 5.74) is 0.611. The van der Waals surface area contributed by atoms with Crippen LogP contribution in [-0.4, -0.2) is 45.5 Å². The van der Waals surface area contributed by atoms with Gasteiger partial charge in [-0.15, -0.1) is 24.0 Å². The van der Waals surface area contributed by atoms with Gasteiger partial charge in [0.05, 0.1) is 19.3 Å². The highest BCUT2D eigenvalue weighted by atomic mass is 127. The van der Waals surface area contributed by atoms with E-state index in [1.807, 2.05) is 6.07 Å². The fraction of sp³-hybridized carbons (Fsp3) is 0.562. The molecule has 0 bridgehead atoms. The van der Waals surface area contributed by atoms with Crippen LogP contribution >= 0.6 is 24.0 Å². The van der Waals surface area contributed by atoms with E-state index in [-0.39, 0.29) is 35.9 Å². The lowest BCUT2D eigenvalue weighted by Crippen LogP contribution is -2.38. The van der Waals surface area contributed by atoms with Crippen LogP contribution in [0.15, 0.2) is 29.3 Å². The Balaban J connectivity index is 0.00000264. The van der Waals surface area contributed by atoms with Crippen LogP contribution in [0.1, 0.15) is 18.4 Å². The van der Waals surface area contributed by atoms with Crippen molar-refractivity contribution in [3.63, 3.8) is 0 Å². The molecule has 1 aliphatic heterocycles. The number of nitrogens with zero attached hydrogens (tertiary/aromatic N) is 1. The first-order valence-electron chi connectivity index (χ1n) is 7.67. The van der Waals surface area contributed by atoms with Gasteiger partial charge in [-0.1, -0.05) is 18.2 Å². The molecule has 1 atom stereocenters. The molecule has 1 saturated heterocycles. The van der Waals surface area contributed by atoms with Crippen LogP contribution in [0.5, 0.6) is 0 Å². The number of benzene rings is 1. The molecule has 5 nitrogen and oxygen atoms in total. The predicted molar refractivity (Wildman–Crippen MR) is 99.8 cm³/mol. The van der Waals surface area contributed by atoms with Gasteiger partial charge in [0.25, 0.3) is 0 Å². The van der Waals surface area contributed by atoms with Crippen molar-refractivity contribution in [3.05, 3.63) is 35.6 Å². The van der Waals surface area contributed by atoms with Crippen LogP contribution in [0.2, 0.25) is 0 Å². The zero-order chi connectivity index (χ0) is 15.6. The average Bonchev–Trinajstić information content (AvgIpc) is 3.05. The minimum Gasteiger partial charge on any atom is -0.377 e. The van der Waals surface area contributed by atoms with Gasteiger partial charge in [0.1, 0.15) is 5.82 Å². The Labute approximate surface area is 154 Å². The highest BCUT2D eigenvalue weighted by Gasteiger charge is 2.14. The van der Waals surface area contributed by atoms with Gasteiger partial charge in [0, 0.05) is 32.3 Å². The van der Waals surface area contributed by atoms with Crippen molar-refractivity contribution in [2.45, 2.75) is 25.5 Å². The molecule has 1 heterocycles. The SMILES string of the molecule is CN=C(NCCOCC1CCCO1)NCc1ccccc1F.I. The second-order valence-corrected chi connectivity index (χ2v) is 5.15. The lowest BCUT2D eigenvalue weighted by Gasteiger charge is -2.13. The predicted octanol–water partition coefficient (Wildman–Crippen LogP) is 2.30. The molecule has 1 unspecified atom stereocenters. The van der Waals surface area contributed by atoms with Crippen LogP contribution in [0, 0.1) is 5.82 Å². The normalized spacial score (nSPS) is 17.7. The smallest absolute Gasteiger partial charge is 0.191 e. The molecule has 1 aromatic carbocycles. The van der Waals surface area contributed by atoms with E-state index in [4.69, 9.17) is 9.47 Å². The molecular formula is C16H25FIN3O2. The third-order valence-electron chi connectivity index (χ3n) is 3.49. The molecule has 2 rings (SSSR count). The van der Waals surface area contributed by atoms with Crippen LogP contribution in [0.4, 0.5) is 4.39 Å². The average molecular weight is 437 g/mol. The summed E-state index contributed by atoms with van der Waals surface area (Å²) in [6.07, 6.45) is 2.46. The maximum atomic E-state index is 13.5. The summed E-state index contributed by atoms with van der Waals surface area (Å²) in [6.45, 7) is 3.11. The highest BCUT2D eigenvalue weighted by Crippen LogP contribution is 2.11. The van der Waals surface area contributed by atoms with Crippen molar-refractivity contribution in [2.24, 2.45) is 4.99 Å². The van der Waals surface area contributed by atoms with Gasteiger partial charge < -0.3 is 20.1 Å². The molecule has 130 valence electrons. The van der Waals surface area contributed by atoms with Crippen molar-refractivity contribution in [2.75, 3.05) is 33.4 Å².